The molecule has 0 N–H and O–H groups in total. The van der Waals surface area contributed by atoms with Crippen LogP contribution in [0.15, 0.2) is 24.3 Å². The standard InChI is InChI=1S/C19H17F2N3/c1-18(2)12-7-8-19(18,10-22-3)17-11(12)9-15(23-24-17)16-13(20)5-4-6-14(16)21/h4-6,9,12H,7-8,10H2,1-2H3/t12-,19-/m0/s1. The zero-order valence-corrected chi connectivity index (χ0v) is 13.6. The van der Waals surface area contributed by atoms with Crippen LogP contribution in [0, 0.1) is 23.6 Å². The van der Waals surface area contributed by atoms with Crippen LogP contribution in [0.3, 0.4) is 0 Å². The van der Waals surface area contributed by atoms with Crippen molar-refractivity contribution in [3.63, 3.8) is 0 Å². The van der Waals surface area contributed by atoms with E-state index in [0.717, 1.165) is 24.1 Å². The Kier molecular flexibility index (Phi) is 3.05. The molecule has 4 rings (SSSR count). The van der Waals surface area contributed by atoms with Crippen molar-refractivity contribution < 1.29 is 8.78 Å². The molecule has 122 valence electrons. The van der Waals surface area contributed by atoms with Crippen molar-refractivity contribution in [2.45, 2.75) is 38.0 Å². The van der Waals surface area contributed by atoms with Gasteiger partial charge in [-0.25, -0.2) is 15.4 Å². The van der Waals surface area contributed by atoms with Gasteiger partial charge in [0.2, 0.25) is 6.54 Å². The molecule has 1 fully saturated rings. The molecule has 1 saturated carbocycles. The summed E-state index contributed by atoms with van der Waals surface area (Å²) in [6.07, 6.45) is 1.89. The average Bonchev–Trinajstić information content (AvgIpc) is 2.89. The van der Waals surface area contributed by atoms with Gasteiger partial charge in [-0.2, -0.15) is 5.10 Å². The maximum atomic E-state index is 14.1. The maximum absolute atomic E-state index is 14.1. The summed E-state index contributed by atoms with van der Waals surface area (Å²) in [7, 11) is 0. The Morgan fingerprint density at radius 3 is 2.62 bits per heavy atom. The molecule has 3 nitrogen and oxygen atoms in total. The van der Waals surface area contributed by atoms with Crippen LogP contribution in [-0.4, -0.2) is 16.7 Å². The number of rotatable bonds is 2. The Hall–Kier alpha value is -2.35. The molecule has 0 saturated heterocycles. The summed E-state index contributed by atoms with van der Waals surface area (Å²) < 4.78 is 28.2. The van der Waals surface area contributed by atoms with E-state index < -0.39 is 11.6 Å². The van der Waals surface area contributed by atoms with Gasteiger partial charge in [0.15, 0.2) is 0 Å². The smallest absolute Gasteiger partial charge is 0.226 e. The third-order valence-electron chi connectivity index (χ3n) is 6.18. The molecule has 0 spiro atoms. The molecule has 24 heavy (non-hydrogen) atoms. The Bertz CT molecular complexity index is 864. The van der Waals surface area contributed by atoms with E-state index in [1.54, 1.807) is 6.07 Å². The molecule has 1 aromatic heterocycles. The fourth-order valence-electron chi connectivity index (χ4n) is 4.78. The lowest BCUT2D eigenvalue weighted by atomic mass is 9.68. The van der Waals surface area contributed by atoms with E-state index in [9.17, 15) is 8.78 Å². The Morgan fingerprint density at radius 1 is 1.25 bits per heavy atom. The molecule has 2 aromatic rings. The first-order valence-electron chi connectivity index (χ1n) is 8.08. The lowest BCUT2D eigenvalue weighted by Crippen LogP contribution is -2.38. The van der Waals surface area contributed by atoms with Gasteiger partial charge in [0.05, 0.1) is 22.4 Å². The molecule has 2 aliphatic rings. The van der Waals surface area contributed by atoms with E-state index >= 15 is 0 Å². The summed E-state index contributed by atoms with van der Waals surface area (Å²) >= 11 is 0. The van der Waals surface area contributed by atoms with Crippen LogP contribution in [-0.2, 0) is 5.41 Å². The first-order chi connectivity index (χ1) is 11.4. The number of fused-ring (bicyclic) bond motifs is 5. The van der Waals surface area contributed by atoms with Crippen LogP contribution in [0.2, 0.25) is 0 Å². The van der Waals surface area contributed by atoms with Gasteiger partial charge >= 0.3 is 0 Å². The average molecular weight is 325 g/mol. The van der Waals surface area contributed by atoms with Gasteiger partial charge in [-0.3, -0.25) is 0 Å². The predicted octanol–water partition coefficient (Wildman–Crippen LogP) is 4.50. The number of aromatic nitrogens is 2. The summed E-state index contributed by atoms with van der Waals surface area (Å²) in [5, 5.41) is 8.48. The van der Waals surface area contributed by atoms with E-state index in [1.807, 2.05) is 0 Å². The lowest BCUT2D eigenvalue weighted by Gasteiger charge is -2.33. The fourth-order valence-corrected chi connectivity index (χ4v) is 4.78. The highest BCUT2D eigenvalue weighted by Gasteiger charge is 2.65. The zero-order valence-electron chi connectivity index (χ0n) is 13.6. The van der Waals surface area contributed by atoms with Crippen molar-refractivity contribution in [1.29, 1.82) is 0 Å². The highest BCUT2D eigenvalue weighted by molar-refractivity contribution is 5.63. The number of hydrogen-bond acceptors (Lipinski definition) is 2. The molecular formula is C19H17F2N3. The van der Waals surface area contributed by atoms with Gasteiger partial charge in [0.1, 0.15) is 11.6 Å². The largest absolute Gasteiger partial charge is 0.316 e. The number of hydrogen-bond donors (Lipinski definition) is 0. The molecule has 1 heterocycles. The minimum atomic E-state index is -0.637. The molecule has 0 amide bonds. The summed E-state index contributed by atoms with van der Waals surface area (Å²) in [6.45, 7) is 12.1. The fraction of sp³-hybridized carbons (Fsp3) is 0.421. The van der Waals surface area contributed by atoms with E-state index in [2.05, 4.69) is 28.9 Å². The number of nitrogens with zero attached hydrogens (tertiary/aromatic N) is 3. The second-order valence-electron chi connectivity index (χ2n) is 7.34. The first kappa shape index (κ1) is 15.2. The first-order valence-corrected chi connectivity index (χ1v) is 8.08. The van der Waals surface area contributed by atoms with Crippen LogP contribution >= 0.6 is 0 Å². The zero-order chi connectivity index (χ0) is 17.1. The van der Waals surface area contributed by atoms with Crippen molar-refractivity contribution in [3.05, 3.63) is 58.6 Å². The van der Waals surface area contributed by atoms with Gasteiger partial charge in [0.25, 0.3) is 0 Å². The molecule has 2 aliphatic carbocycles. The summed E-state index contributed by atoms with van der Waals surface area (Å²) in [6, 6.07) is 5.57. The quantitative estimate of drug-likeness (QED) is 0.761. The molecule has 0 aliphatic heterocycles. The molecule has 5 heteroatoms. The molecule has 0 radical (unpaired) electrons. The van der Waals surface area contributed by atoms with Crippen LogP contribution in [0.4, 0.5) is 8.78 Å². The van der Waals surface area contributed by atoms with Crippen LogP contribution in [0.25, 0.3) is 16.1 Å². The molecule has 2 atom stereocenters. The van der Waals surface area contributed by atoms with E-state index in [-0.39, 0.29) is 28.0 Å². The second kappa shape index (κ2) is 4.83. The van der Waals surface area contributed by atoms with Crippen molar-refractivity contribution in [2.75, 3.05) is 6.54 Å². The van der Waals surface area contributed by atoms with Gasteiger partial charge in [-0.15, -0.1) is 5.10 Å². The van der Waals surface area contributed by atoms with E-state index in [0.29, 0.717) is 6.54 Å². The SMILES string of the molecule is [C-]#[N+]C[C@@]12CC[C@@H](c3cc(-c4c(F)cccc4F)nnc31)C2(C)C. The normalized spacial score (nSPS) is 26.2. The van der Waals surface area contributed by atoms with Crippen LogP contribution in [0.1, 0.15) is 43.9 Å². The highest BCUT2D eigenvalue weighted by Crippen LogP contribution is 2.67. The topological polar surface area (TPSA) is 30.1 Å². The van der Waals surface area contributed by atoms with Crippen LogP contribution < -0.4 is 0 Å². The molecular weight excluding hydrogens is 308 g/mol. The van der Waals surface area contributed by atoms with Crippen molar-refractivity contribution in [3.8, 4) is 11.3 Å². The minimum Gasteiger partial charge on any atom is -0.316 e. The third-order valence-corrected chi connectivity index (χ3v) is 6.18. The molecule has 2 bridgehead atoms. The van der Waals surface area contributed by atoms with E-state index in [1.165, 1.54) is 18.2 Å². The Morgan fingerprint density at radius 2 is 1.96 bits per heavy atom. The van der Waals surface area contributed by atoms with Gasteiger partial charge in [-0.1, -0.05) is 19.9 Å². The van der Waals surface area contributed by atoms with E-state index in [4.69, 9.17) is 6.57 Å². The van der Waals surface area contributed by atoms with Crippen molar-refractivity contribution in [1.82, 2.24) is 10.2 Å². The van der Waals surface area contributed by atoms with Crippen molar-refractivity contribution >= 4 is 0 Å². The highest BCUT2D eigenvalue weighted by atomic mass is 19.1. The number of benzene rings is 1. The van der Waals surface area contributed by atoms with Crippen LogP contribution in [0.5, 0.6) is 0 Å². The van der Waals surface area contributed by atoms with Gasteiger partial charge in [0, 0.05) is 0 Å². The second-order valence-corrected chi connectivity index (χ2v) is 7.34. The van der Waals surface area contributed by atoms with Gasteiger partial charge in [-0.05, 0) is 47.9 Å². The summed E-state index contributed by atoms with van der Waals surface area (Å²) in [4.78, 5) is 3.65. The Balaban J connectivity index is 1.91. The summed E-state index contributed by atoms with van der Waals surface area (Å²) in [5.74, 6) is -1.02. The lowest BCUT2D eigenvalue weighted by molar-refractivity contribution is 0.222. The van der Waals surface area contributed by atoms with Crippen molar-refractivity contribution in [2.24, 2.45) is 5.41 Å². The minimum absolute atomic E-state index is 0.0963. The summed E-state index contributed by atoms with van der Waals surface area (Å²) in [5.41, 5.74) is 1.55. The predicted molar refractivity (Wildman–Crippen MR) is 86.3 cm³/mol. The van der Waals surface area contributed by atoms with Gasteiger partial charge < -0.3 is 4.85 Å². The molecule has 1 aromatic carbocycles. The number of halogens is 2. The Labute approximate surface area is 139 Å². The third kappa shape index (κ3) is 1.69. The maximum Gasteiger partial charge on any atom is 0.226 e. The molecule has 0 unspecified atom stereocenters. The monoisotopic (exact) mass is 325 g/mol.